The topological polar surface area (TPSA) is 89.5 Å². The molecular weight excluding hydrogens is 465 g/mol. The lowest BCUT2D eigenvalue weighted by Crippen LogP contribution is -2.44. The number of nitro groups is 2. The Morgan fingerprint density at radius 3 is 1.64 bits per heavy atom. The van der Waals surface area contributed by atoms with Gasteiger partial charge < -0.3 is 0 Å². The Morgan fingerprint density at radius 2 is 1.30 bits per heavy atom. The molecule has 0 bridgehead atoms. The molecule has 0 N–H and O–H groups in total. The number of benzene rings is 2. The van der Waals surface area contributed by atoms with Crippen molar-refractivity contribution in [2.24, 2.45) is 5.41 Å². The van der Waals surface area contributed by atoms with E-state index in [0.29, 0.717) is 0 Å². The van der Waals surface area contributed by atoms with Crippen LogP contribution in [-0.4, -0.2) is 20.8 Å². The lowest BCUT2D eigenvalue weighted by Gasteiger charge is -2.46. The van der Waals surface area contributed by atoms with E-state index >= 15 is 0 Å². The zero-order valence-corrected chi connectivity index (χ0v) is 20.1. The summed E-state index contributed by atoms with van der Waals surface area (Å²) in [5.74, 6) is 0. The van der Waals surface area contributed by atoms with Crippen LogP contribution in [0.2, 0.25) is 10.0 Å². The van der Waals surface area contributed by atoms with Crippen molar-refractivity contribution >= 4 is 34.6 Å². The van der Waals surface area contributed by atoms with Crippen LogP contribution in [0.3, 0.4) is 0 Å². The van der Waals surface area contributed by atoms with Crippen LogP contribution in [0.5, 0.6) is 0 Å². The standard InChI is InChI=1S/C24H25Cl2N3O4/c1-24(2,3)16-6-9-21(16)27-19(14-4-7-17(25)22(12-14)28(30)31)10-11-20(27)15-5-8-18(26)23(13-15)29(32)33/h4-8,12-13,19-21H,9-11H2,1-3H3/t19?,20?,21-/m0/s1. The first-order valence-electron chi connectivity index (χ1n) is 10.8. The van der Waals surface area contributed by atoms with Gasteiger partial charge in [0.1, 0.15) is 10.0 Å². The molecule has 0 aromatic heterocycles. The van der Waals surface area contributed by atoms with Gasteiger partial charge in [0.15, 0.2) is 0 Å². The van der Waals surface area contributed by atoms with Gasteiger partial charge in [0, 0.05) is 30.3 Å². The molecule has 2 aromatic carbocycles. The molecule has 2 aromatic rings. The quantitative estimate of drug-likeness (QED) is 0.247. The molecule has 1 saturated heterocycles. The second kappa shape index (κ2) is 8.70. The average Bonchev–Trinajstić information content (AvgIpc) is 3.10. The van der Waals surface area contributed by atoms with E-state index in [1.807, 2.05) is 12.1 Å². The Hall–Kier alpha value is -2.48. The molecule has 9 heteroatoms. The molecule has 33 heavy (non-hydrogen) atoms. The van der Waals surface area contributed by atoms with Crippen molar-refractivity contribution in [3.63, 3.8) is 0 Å². The summed E-state index contributed by atoms with van der Waals surface area (Å²) in [5.41, 5.74) is 2.72. The molecule has 4 rings (SSSR count). The fourth-order valence-corrected chi connectivity index (χ4v) is 5.50. The number of hydrogen-bond donors (Lipinski definition) is 0. The van der Waals surface area contributed by atoms with Gasteiger partial charge >= 0.3 is 0 Å². The number of rotatable bonds is 5. The van der Waals surface area contributed by atoms with E-state index in [4.69, 9.17) is 23.2 Å². The number of nitro benzene ring substituents is 2. The van der Waals surface area contributed by atoms with Crippen molar-refractivity contribution in [2.45, 2.75) is 58.2 Å². The average molecular weight is 490 g/mol. The van der Waals surface area contributed by atoms with Gasteiger partial charge in [0.2, 0.25) is 0 Å². The van der Waals surface area contributed by atoms with Crippen molar-refractivity contribution in [3.05, 3.63) is 89.4 Å². The molecule has 1 heterocycles. The van der Waals surface area contributed by atoms with Crippen molar-refractivity contribution in [1.82, 2.24) is 4.90 Å². The molecule has 0 spiro atoms. The molecule has 174 valence electrons. The molecule has 2 unspecified atom stereocenters. The molecular formula is C24H25Cl2N3O4. The molecule has 7 nitrogen and oxygen atoms in total. The minimum absolute atomic E-state index is 0.0292. The summed E-state index contributed by atoms with van der Waals surface area (Å²) < 4.78 is 0. The Balaban J connectivity index is 1.79. The van der Waals surface area contributed by atoms with Crippen LogP contribution < -0.4 is 0 Å². The molecule has 1 aliphatic heterocycles. The fourth-order valence-electron chi connectivity index (χ4n) is 5.13. The number of nitrogens with zero attached hydrogens (tertiary/aromatic N) is 3. The highest BCUT2D eigenvalue weighted by Crippen LogP contribution is 2.52. The summed E-state index contributed by atoms with van der Waals surface area (Å²) in [6.07, 6.45) is 4.65. The van der Waals surface area contributed by atoms with Crippen LogP contribution in [0.1, 0.15) is 63.2 Å². The lowest BCUT2D eigenvalue weighted by molar-refractivity contribution is -0.384. The molecule has 1 fully saturated rings. The van der Waals surface area contributed by atoms with E-state index in [-0.39, 0.29) is 45.0 Å². The second-order valence-corrected chi connectivity index (χ2v) is 10.5. The van der Waals surface area contributed by atoms with Gasteiger partial charge in [-0.05, 0) is 47.9 Å². The molecule has 0 saturated carbocycles. The number of likely N-dealkylation sites (tertiary alicyclic amines) is 1. The first kappa shape index (κ1) is 23.7. The van der Waals surface area contributed by atoms with Gasteiger partial charge in [-0.15, -0.1) is 0 Å². The normalized spacial score (nSPS) is 23.2. The summed E-state index contributed by atoms with van der Waals surface area (Å²) in [6, 6.07) is 9.97. The Morgan fingerprint density at radius 1 is 0.848 bits per heavy atom. The summed E-state index contributed by atoms with van der Waals surface area (Å²) in [6.45, 7) is 6.52. The maximum atomic E-state index is 11.5. The van der Waals surface area contributed by atoms with E-state index in [1.165, 1.54) is 5.57 Å². The lowest BCUT2D eigenvalue weighted by atomic mass is 9.73. The Bertz CT molecular complexity index is 1090. The minimum atomic E-state index is -0.463. The van der Waals surface area contributed by atoms with Crippen LogP contribution in [0, 0.1) is 25.6 Å². The van der Waals surface area contributed by atoms with Crippen molar-refractivity contribution < 1.29 is 9.85 Å². The predicted molar refractivity (Wildman–Crippen MR) is 129 cm³/mol. The van der Waals surface area contributed by atoms with Gasteiger partial charge in [-0.25, -0.2) is 0 Å². The van der Waals surface area contributed by atoms with E-state index in [9.17, 15) is 20.2 Å². The van der Waals surface area contributed by atoms with E-state index in [0.717, 1.165) is 30.4 Å². The van der Waals surface area contributed by atoms with Crippen LogP contribution >= 0.6 is 23.2 Å². The van der Waals surface area contributed by atoms with Crippen molar-refractivity contribution in [1.29, 1.82) is 0 Å². The predicted octanol–water partition coefficient (Wildman–Crippen LogP) is 7.43. The highest BCUT2D eigenvalue weighted by Gasteiger charge is 2.45. The highest BCUT2D eigenvalue weighted by molar-refractivity contribution is 6.33. The van der Waals surface area contributed by atoms with Crippen molar-refractivity contribution in [3.8, 4) is 0 Å². The maximum Gasteiger partial charge on any atom is 0.288 e. The summed E-state index contributed by atoms with van der Waals surface area (Å²) in [7, 11) is 0. The van der Waals surface area contributed by atoms with Crippen LogP contribution in [0.25, 0.3) is 0 Å². The minimum Gasteiger partial charge on any atom is -0.282 e. The van der Waals surface area contributed by atoms with Gasteiger partial charge in [0.05, 0.1) is 9.85 Å². The molecule has 0 amide bonds. The molecule has 1 aliphatic carbocycles. The highest BCUT2D eigenvalue weighted by atomic mass is 35.5. The second-order valence-electron chi connectivity index (χ2n) is 9.65. The first-order chi connectivity index (χ1) is 15.5. The van der Waals surface area contributed by atoms with E-state index in [2.05, 4.69) is 31.7 Å². The summed E-state index contributed by atoms with van der Waals surface area (Å²) in [4.78, 5) is 24.4. The van der Waals surface area contributed by atoms with Crippen LogP contribution in [0.4, 0.5) is 11.4 Å². The van der Waals surface area contributed by atoms with Crippen molar-refractivity contribution in [2.75, 3.05) is 0 Å². The Labute approximate surface area is 202 Å². The summed E-state index contributed by atoms with van der Waals surface area (Å²) in [5, 5.41) is 23.2. The summed E-state index contributed by atoms with van der Waals surface area (Å²) >= 11 is 12.1. The number of hydrogen-bond acceptors (Lipinski definition) is 5. The van der Waals surface area contributed by atoms with Crippen LogP contribution in [-0.2, 0) is 0 Å². The van der Waals surface area contributed by atoms with Gasteiger partial charge in [-0.3, -0.25) is 25.1 Å². The third kappa shape index (κ3) is 4.37. The van der Waals surface area contributed by atoms with Crippen LogP contribution in [0.15, 0.2) is 48.0 Å². The Kier molecular flexibility index (Phi) is 6.24. The molecule has 3 atom stereocenters. The fraction of sp³-hybridized carbons (Fsp3) is 0.417. The van der Waals surface area contributed by atoms with Gasteiger partial charge in [-0.1, -0.05) is 67.8 Å². The first-order valence-corrected chi connectivity index (χ1v) is 11.6. The van der Waals surface area contributed by atoms with E-state index < -0.39 is 9.85 Å². The molecule has 2 aliphatic rings. The zero-order chi connectivity index (χ0) is 24.1. The largest absolute Gasteiger partial charge is 0.288 e. The van der Waals surface area contributed by atoms with Gasteiger partial charge in [0.25, 0.3) is 11.4 Å². The number of halogens is 2. The molecule has 0 radical (unpaired) electrons. The third-order valence-electron chi connectivity index (χ3n) is 6.68. The maximum absolute atomic E-state index is 11.5. The monoisotopic (exact) mass is 489 g/mol. The third-order valence-corrected chi connectivity index (χ3v) is 7.32. The van der Waals surface area contributed by atoms with Gasteiger partial charge in [-0.2, -0.15) is 0 Å². The zero-order valence-electron chi connectivity index (χ0n) is 18.6. The smallest absolute Gasteiger partial charge is 0.282 e. The SMILES string of the molecule is CC(C)(C)C1=CC[C@@H]1N1C(c2ccc(Cl)c([N+](=O)[O-])c2)CCC1c1ccc(Cl)c([N+](=O)[O-])c1. The van der Waals surface area contributed by atoms with E-state index in [1.54, 1.807) is 24.3 Å².